The van der Waals surface area contributed by atoms with E-state index in [1.54, 1.807) is 0 Å². The van der Waals surface area contributed by atoms with E-state index in [9.17, 15) is 0 Å². The lowest BCUT2D eigenvalue weighted by atomic mass is 10.1. The van der Waals surface area contributed by atoms with E-state index in [0.717, 1.165) is 48.6 Å². The molecule has 0 aliphatic heterocycles. The summed E-state index contributed by atoms with van der Waals surface area (Å²) in [5.74, 6) is 1.08. The standard InChI is InChI=1S/C32H38BrN3/c1-3-5-13-23-36-30(25-35(22-6-4-2)24-26-18-20-29(33)21-19-26)31(27-14-9-7-10-15-27)34-32(36)28-16-11-8-12-17-28/h7-12,14-21H,3-6,13,22-25H2,1-2H3. The molecule has 1 heterocycles. The fourth-order valence-corrected chi connectivity index (χ4v) is 4.96. The van der Waals surface area contributed by atoms with Crippen LogP contribution in [-0.2, 0) is 19.6 Å². The van der Waals surface area contributed by atoms with Gasteiger partial charge in [0, 0.05) is 35.2 Å². The quantitative estimate of drug-likeness (QED) is 0.157. The molecule has 0 atom stereocenters. The fraction of sp³-hybridized carbons (Fsp3) is 0.344. The topological polar surface area (TPSA) is 21.1 Å². The average Bonchev–Trinajstić information content (AvgIpc) is 3.27. The molecular weight excluding hydrogens is 506 g/mol. The third-order valence-electron chi connectivity index (χ3n) is 6.66. The van der Waals surface area contributed by atoms with Crippen LogP contribution in [0.4, 0.5) is 0 Å². The van der Waals surface area contributed by atoms with Gasteiger partial charge in [-0.2, -0.15) is 0 Å². The summed E-state index contributed by atoms with van der Waals surface area (Å²) in [5.41, 5.74) is 6.16. The van der Waals surface area contributed by atoms with E-state index in [0.29, 0.717) is 0 Å². The second-order valence-electron chi connectivity index (χ2n) is 9.51. The van der Waals surface area contributed by atoms with Crippen molar-refractivity contribution in [2.45, 2.75) is 65.6 Å². The van der Waals surface area contributed by atoms with Crippen LogP contribution in [0.1, 0.15) is 57.2 Å². The lowest BCUT2D eigenvalue weighted by Crippen LogP contribution is -2.26. The molecule has 1 aromatic heterocycles. The molecule has 4 rings (SSSR count). The summed E-state index contributed by atoms with van der Waals surface area (Å²) in [6, 6.07) is 30.2. The third kappa shape index (κ3) is 6.96. The lowest BCUT2D eigenvalue weighted by molar-refractivity contribution is 0.246. The van der Waals surface area contributed by atoms with Crippen LogP contribution < -0.4 is 0 Å². The summed E-state index contributed by atoms with van der Waals surface area (Å²) >= 11 is 3.58. The van der Waals surface area contributed by atoms with Crippen LogP contribution in [0.2, 0.25) is 0 Å². The van der Waals surface area contributed by atoms with Crippen molar-refractivity contribution in [2.75, 3.05) is 6.54 Å². The number of imidazole rings is 1. The molecule has 4 heteroatoms. The van der Waals surface area contributed by atoms with Crippen molar-refractivity contribution in [3.63, 3.8) is 0 Å². The Morgan fingerprint density at radius 1 is 0.722 bits per heavy atom. The Labute approximate surface area is 225 Å². The Balaban J connectivity index is 1.78. The largest absolute Gasteiger partial charge is 0.326 e. The predicted octanol–water partition coefficient (Wildman–Crippen LogP) is 8.97. The normalized spacial score (nSPS) is 11.3. The number of halogens is 1. The van der Waals surface area contributed by atoms with Gasteiger partial charge in [-0.15, -0.1) is 0 Å². The van der Waals surface area contributed by atoms with Gasteiger partial charge in [0.2, 0.25) is 0 Å². The van der Waals surface area contributed by atoms with Gasteiger partial charge in [0.25, 0.3) is 0 Å². The Hall–Kier alpha value is -2.69. The second-order valence-corrected chi connectivity index (χ2v) is 10.4. The maximum Gasteiger partial charge on any atom is 0.140 e. The first-order chi connectivity index (χ1) is 17.7. The lowest BCUT2D eigenvalue weighted by Gasteiger charge is -2.24. The van der Waals surface area contributed by atoms with E-state index in [1.165, 1.54) is 48.1 Å². The minimum Gasteiger partial charge on any atom is -0.326 e. The first-order valence-electron chi connectivity index (χ1n) is 13.4. The van der Waals surface area contributed by atoms with Crippen molar-refractivity contribution >= 4 is 15.9 Å². The van der Waals surface area contributed by atoms with Gasteiger partial charge in [-0.3, -0.25) is 4.90 Å². The number of nitrogens with zero attached hydrogens (tertiary/aromatic N) is 3. The molecular formula is C32H38BrN3. The minimum absolute atomic E-state index is 0.881. The van der Waals surface area contributed by atoms with Gasteiger partial charge < -0.3 is 4.57 Å². The highest BCUT2D eigenvalue weighted by atomic mass is 79.9. The Morgan fingerprint density at radius 3 is 2.00 bits per heavy atom. The van der Waals surface area contributed by atoms with Crippen molar-refractivity contribution in [3.05, 3.63) is 101 Å². The monoisotopic (exact) mass is 543 g/mol. The van der Waals surface area contributed by atoms with Crippen LogP contribution in [0.25, 0.3) is 22.6 Å². The summed E-state index contributed by atoms with van der Waals surface area (Å²) in [4.78, 5) is 7.91. The zero-order valence-corrected chi connectivity index (χ0v) is 23.3. The molecule has 0 aliphatic carbocycles. The molecule has 0 amide bonds. The van der Waals surface area contributed by atoms with Crippen molar-refractivity contribution in [3.8, 4) is 22.6 Å². The zero-order valence-electron chi connectivity index (χ0n) is 21.7. The van der Waals surface area contributed by atoms with Crippen LogP contribution in [0.5, 0.6) is 0 Å². The second kappa shape index (κ2) is 13.6. The molecule has 0 N–H and O–H groups in total. The minimum atomic E-state index is 0.881. The number of rotatable bonds is 13. The van der Waals surface area contributed by atoms with Gasteiger partial charge in [0.15, 0.2) is 0 Å². The molecule has 0 saturated carbocycles. The molecule has 0 spiro atoms. The van der Waals surface area contributed by atoms with E-state index in [-0.39, 0.29) is 0 Å². The molecule has 0 fully saturated rings. The maximum atomic E-state index is 5.31. The van der Waals surface area contributed by atoms with Gasteiger partial charge in [0.1, 0.15) is 5.82 Å². The Morgan fingerprint density at radius 2 is 1.36 bits per heavy atom. The van der Waals surface area contributed by atoms with E-state index in [1.807, 2.05) is 0 Å². The molecule has 0 radical (unpaired) electrons. The fourth-order valence-electron chi connectivity index (χ4n) is 4.70. The number of aromatic nitrogens is 2. The molecule has 0 saturated heterocycles. The number of hydrogen-bond donors (Lipinski definition) is 0. The van der Waals surface area contributed by atoms with Gasteiger partial charge in [-0.1, -0.05) is 122 Å². The van der Waals surface area contributed by atoms with E-state index >= 15 is 0 Å². The summed E-state index contributed by atoms with van der Waals surface area (Å²) in [6.07, 6.45) is 5.98. The van der Waals surface area contributed by atoms with Crippen molar-refractivity contribution in [1.29, 1.82) is 0 Å². The van der Waals surface area contributed by atoms with Crippen LogP contribution in [-0.4, -0.2) is 21.0 Å². The first-order valence-corrected chi connectivity index (χ1v) is 14.2. The summed E-state index contributed by atoms with van der Waals surface area (Å²) in [5, 5.41) is 0. The highest BCUT2D eigenvalue weighted by Gasteiger charge is 2.21. The predicted molar refractivity (Wildman–Crippen MR) is 156 cm³/mol. The molecule has 0 unspecified atom stereocenters. The number of benzene rings is 3. The highest BCUT2D eigenvalue weighted by Crippen LogP contribution is 2.31. The maximum absolute atomic E-state index is 5.31. The summed E-state index contributed by atoms with van der Waals surface area (Å²) in [6.45, 7) is 8.42. The molecule has 3 aromatic carbocycles. The van der Waals surface area contributed by atoms with Crippen LogP contribution >= 0.6 is 15.9 Å². The van der Waals surface area contributed by atoms with E-state index < -0.39 is 0 Å². The number of unbranched alkanes of at least 4 members (excludes halogenated alkanes) is 3. The van der Waals surface area contributed by atoms with Crippen molar-refractivity contribution in [1.82, 2.24) is 14.5 Å². The molecule has 36 heavy (non-hydrogen) atoms. The van der Waals surface area contributed by atoms with E-state index in [2.05, 4.69) is 124 Å². The highest BCUT2D eigenvalue weighted by molar-refractivity contribution is 9.10. The average molecular weight is 545 g/mol. The van der Waals surface area contributed by atoms with Gasteiger partial charge in [-0.05, 0) is 37.1 Å². The molecule has 3 nitrogen and oxygen atoms in total. The summed E-state index contributed by atoms with van der Waals surface area (Å²) < 4.78 is 3.63. The zero-order chi connectivity index (χ0) is 25.2. The molecule has 4 aromatic rings. The molecule has 0 bridgehead atoms. The first kappa shape index (κ1) is 26.4. The van der Waals surface area contributed by atoms with Crippen LogP contribution in [0, 0.1) is 0 Å². The Kier molecular flexibility index (Phi) is 9.94. The summed E-state index contributed by atoms with van der Waals surface area (Å²) in [7, 11) is 0. The van der Waals surface area contributed by atoms with E-state index in [4.69, 9.17) is 4.98 Å². The number of hydrogen-bond acceptors (Lipinski definition) is 2. The Bertz CT molecular complexity index is 1180. The third-order valence-corrected chi connectivity index (χ3v) is 7.19. The van der Waals surface area contributed by atoms with Crippen LogP contribution in [0.3, 0.4) is 0 Å². The van der Waals surface area contributed by atoms with Gasteiger partial charge in [0.05, 0.1) is 11.4 Å². The van der Waals surface area contributed by atoms with Gasteiger partial charge >= 0.3 is 0 Å². The van der Waals surface area contributed by atoms with Crippen LogP contribution in [0.15, 0.2) is 89.4 Å². The molecule has 188 valence electrons. The van der Waals surface area contributed by atoms with Crippen molar-refractivity contribution in [2.24, 2.45) is 0 Å². The van der Waals surface area contributed by atoms with Gasteiger partial charge in [-0.25, -0.2) is 4.98 Å². The molecule has 0 aliphatic rings. The van der Waals surface area contributed by atoms with Crippen molar-refractivity contribution < 1.29 is 0 Å². The smallest absolute Gasteiger partial charge is 0.140 e. The SMILES string of the molecule is CCCCCn1c(-c2ccccc2)nc(-c2ccccc2)c1CN(CCCC)Cc1ccc(Br)cc1.